The van der Waals surface area contributed by atoms with Crippen LogP contribution in [0.1, 0.15) is 52.0 Å². The molecule has 0 bridgehead atoms. The van der Waals surface area contributed by atoms with Crippen LogP contribution in [-0.2, 0) is 33.3 Å². The SMILES string of the molecule is COCCOCCOCCOCCC(=O)N(CCCC(=O)OC(C)(C)C)CCOc1ccnc(C(O)O)c1. The number of rotatable bonds is 21. The number of pyridine rings is 1. The summed E-state index contributed by atoms with van der Waals surface area (Å²) in [6.45, 7) is 9.19. The largest absolute Gasteiger partial charge is 0.492 e. The quantitative estimate of drug-likeness (QED) is 0.132. The van der Waals surface area contributed by atoms with E-state index in [-0.39, 0.29) is 50.2 Å². The van der Waals surface area contributed by atoms with Gasteiger partial charge in [-0.25, -0.2) is 0 Å². The van der Waals surface area contributed by atoms with Gasteiger partial charge in [0.05, 0.1) is 64.9 Å². The molecule has 0 radical (unpaired) electrons. The van der Waals surface area contributed by atoms with Crippen molar-refractivity contribution in [1.29, 1.82) is 0 Å². The zero-order chi connectivity index (χ0) is 28.2. The minimum Gasteiger partial charge on any atom is -0.492 e. The Morgan fingerprint density at radius 3 is 2.16 bits per heavy atom. The second-order valence-electron chi connectivity index (χ2n) is 9.29. The average molecular weight is 545 g/mol. The number of carbonyl (C=O) groups excluding carboxylic acids is 2. The third-order valence-electron chi connectivity index (χ3n) is 4.86. The Labute approximate surface area is 225 Å². The maximum absolute atomic E-state index is 12.8. The summed E-state index contributed by atoms with van der Waals surface area (Å²) in [5, 5.41) is 18.5. The number of hydrogen-bond acceptors (Lipinski definition) is 11. The van der Waals surface area contributed by atoms with E-state index in [0.29, 0.717) is 58.4 Å². The minimum atomic E-state index is -1.70. The van der Waals surface area contributed by atoms with Crippen LogP contribution in [0.2, 0.25) is 0 Å². The van der Waals surface area contributed by atoms with Gasteiger partial charge in [-0.2, -0.15) is 0 Å². The molecule has 0 fully saturated rings. The first kappa shape index (κ1) is 33.7. The lowest BCUT2D eigenvalue weighted by Crippen LogP contribution is -2.36. The second-order valence-corrected chi connectivity index (χ2v) is 9.29. The summed E-state index contributed by atoms with van der Waals surface area (Å²) in [6.07, 6.45) is 0.501. The fourth-order valence-corrected chi connectivity index (χ4v) is 3.10. The number of ether oxygens (including phenoxy) is 6. The monoisotopic (exact) mass is 544 g/mol. The van der Waals surface area contributed by atoms with E-state index in [4.69, 9.17) is 28.4 Å². The standard InChI is InChI=1S/C26H44N2O10/c1-26(2,3)38-24(30)6-5-10-28(11-13-37-21-7-9-27-22(20-21)25(31)32)23(29)8-12-34-16-17-36-19-18-35-15-14-33-4/h7,9,20,25,31-32H,5-6,8,10-19H2,1-4H3. The van der Waals surface area contributed by atoms with Crippen molar-refractivity contribution < 1.29 is 48.2 Å². The van der Waals surface area contributed by atoms with Crippen molar-refractivity contribution in [2.24, 2.45) is 0 Å². The van der Waals surface area contributed by atoms with E-state index in [1.54, 1.807) is 38.8 Å². The summed E-state index contributed by atoms with van der Waals surface area (Å²) in [5.74, 6) is -0.0522. The molecule has 0 saturated heterocycles. The highest BCUT2D eigenvalue weighted by Crippen LogP contribution is 2.15. The summed E-state index contributed by atoms with van der Waals surface area (Å²) in [5.41, 5.74) is -0.503. The van der Waals surface area contributed by atoms with Gasteiger partial charge in [-0.1, -0.05) is 0 Å². The minimum absolute atomic E-state index is 0.0625. The molecule has 0 aliphatic heterocycles. The van der Waals surface area contributed by atoms with Gasteiger partial charge in [0.2, 0.25) is 5.91 Å². The van der Waals surface area contributed by atoms with Crippen LogP contribution in [0.15, 0.2) is 18.3 Å². The maximum atomic E-state index is 12.8. The van der Waals surface area contributed by atoms with Crippen LogP contribution in [-0.4, -0.2) is 111 Å². The molecule has 0 saturated carbocycles. The van der Waals surface area contributed by atoms with E-state index in [1.807, 2.05) is 0 Å². The smallest absolute Gasteiger partial charge is 0.306 e. The lowest BCUT2D eigenvalue weighted by molar-refractivity contribution is -0.155. The number of amides is 1. The van der Waals surface area contributed by atoms with Crippen molar-refractivity contribution >= 4 is 11.9 Å². The molecular weight excluding hydrogens is 500 g/mol. The molecule has 38 heavy (non-hydrogen) atoms. The molecule has 0 unspecified atom stereocenters. The number of hydrogen-bond donors (Lipinski definition) is 2. The molecule has 0 spiro atoms. The second kappa shape index (κ2) is 19.7. The number of aliphatic hydroxyl groups excluding tert-OH is 1. The van der Waals surface area contributed by atoms with E-state index < -0.39 is 11.9 Å². The first-order valence-corrected chi connectivity index (χ1v) is 12.8. The third-order valence-corrected chi connectivity index (χ3v) is 4.86. The lowest BCUT2D eigenvalue weighted by atomic mass is 10.2. The number of carbonyl (C=O) groups is 2. The van der Waals surface area contributed by atoms with Gasteiger partial charge in [-0.3, -0.25) is 14.6 Å². The Kier molecular flexibility index (Phi) is 17.4. The predicted molar refractivity (Wildman–Crippen MR) is 138 cm³/mol. The molecule has 12 nitrogen and oxygen atoms in total. The molecular formula is C26H44N2O10. The Bertz CT molecular complexity index is 786. The van der Waals surface area contributed by atoms with E-state index in [9.17, 15) is 19.8 Å². The van der Waals surface area contributed by atoms with Gasteiger partial charge < -0.3 is 43.5 Å². The van der Waals surface area contributed by atoms with Crippen molar-refractivity contribution in [3.8, 4) is 5.75 Å². The number of nitrogens with zero attached hydrogens (tertiary/aromatic N) is 2. The normalized spacial score (nSPS) is 11.6. The first-order chi connectivity index (χ1) is 18.1. The number of esters is 1. The summed E-state index contributed by atoms with van der Waals surface area (Å²) < 4.78 is 32.1. The molecule has 1 rings (SSSR count). The van der Waals surface area contributed by atoms with E-state index >= 15 is 0 Å². The highest BCUT2D eigenvalue weighted by atomic mass is 16.6. The molecule has 1 amide bonds. The van der Waals surface area contributed by atoms with Crippen LogP contribution in [0.4, 0.5) is 0 Å². The van der Waals surface area contributed by atoms with Crippen molar-refractivity contribution in [3.63, 3.8) is 0 Å². The van der Waals surface area contributed by atoms with Gasteiger partial charge in [0.25, 0.3) is 0 Å². The molecule has 0 aliphatic carbocycles. The molecule has 0 aliphatic rings. The van der Waals surface area contributed by atoms with Crippen LogP contribution in [0.5, 0.6) is 5.75 Å². The van der Waals surface area contributed by atoms with Crippen molar-refractivity contribution in [3.05, 3.63) is 24.0 Å². The van der Waals surface area contributed by atoms with Gasteiger partial charge in [0.1, 0.15) is 18.0 Å². The van der Waals surface area contributed by atoms with Crippen LogP contribution < -0.4 is 4.74 Å². The molecule has 1 aromatic rings. The Hall–Kier alpha value is -2.35. The molecule has 1 aromatic heterocycles. The summed E-state index contributed by atoms with van der Waals surface area (Å²) in [4.78, 5) is 30.3. The van der Waals surface area contributed by atoms with E-state index in [2.05, 4.69) is 4.98 Å². The van der Waals surface area contributed by atoms with Gasteiger partial charge in [-0.05, 0) is 33.3 Å². The molecule has 0 aromatic carbocycles. The van der Waals surface area contributed by atoms with Gasteiger partial charge >= 0.3 is 5.97 Å². The average Bonchev–Trinajstić information content (AvgIpc) is 2.85. The zero-order valence-electron chi connectivity index (χ0n) is 23.1. The number of methoxy groups -OCH3 is 1. The lowest BCUT2D eigenvalue weighted by Gasteiger charge is -2.24. The first-order valence-electron chi connectivity index (χ1n) is 12.8. The highest BCUT2D eigenvalue weighted by Gasteiger charge is 2.18. The molecule has 1 heterocycles. The van der Waals surface area contributed by atoms with Gasteiger partial charge in [-0.15, -0.1) is 0 Å². The van der Waals surface area contributed by atoms with E-state index in [0.717, 1.165) is 0 Å². The van der Waals surface area contributed by atoms with Crippen LogP contribution in [0, 0.1) is 0 Å². The van der Waals surface area contributed by atoms with Crippen LogP contribution in [0.25, 0.3) is 0 Å². The summed E-state index contributed by atoms with van der Waals surface area (Å²) in [7, 11) is 1.61. The van der Waals surface area contributed by atoms with Gasteiger partial charge in [0.15, 0.2) is 6.29 Å². The topological polar surface area (TPSA) is 146 Å². The Morgan fingerprint density at radius 2 is 1.55 bits per heavy atom. The summed E-state index contributed by atoms with van der Waals surface area (Å²) in [6, 6.07) is 3.00. The molecule has 12 heteroatoms. The zero-order valence-corrected chi connectivity index (χ0v) is 23.1. The van der Waals surface area contributed by atoms with Crippen LogP contribution >= 0.6 is 0 Å². The fourth-order valence-electron chi connectivity index (χ4n) is 3.10. The van der Waals surface area contributed by atoms with Crippen molar-refractivity contribution in [2.45, 2.75) is 51.9 Å². The maximum Gasteiger partial charge on any atom is 0.306 e. The third kappa shape index (κ3) is 17.2. The Balaban J connectivity index is 2.43. The number of aliphatic hydroxyl groups is 2. The summed E-state index contributed by atoms with van der Waals surface area (Å²) >= 11 is 0. The number of aromatic nitrogens is 1. The van der Waals surface area contributed by atoms with E-state index in [1.165, 1.54) is 12.3 Å². The molecule has 0 atom stereocenters. The van der Waals surface area contributed by atoms with Gasteiger partial charge in [0, 0.05) is 32.3 Å². The predicted octanol–water partition coefficient (Wildman–Crippen LogP) is 1.48. The molecule has 2 N–H and O–H groups in total. The Morgan fingerprint density at radius 1 is 0.921 bits per heavy atom. The van der Waals surface area contributed by atoms with Crippen LogP contribution in [0.3, 0.4) is 0 Å². The van der Waals surface area contributed by atoms with Crippen molar-refractivity contribution in [2.75, 3.05) is 73.1 Å². The molecule has 218 valence electrons. The highest BCUT2D eigenvalue weighted by molar-refractivity contribution is 5.76. The van der Waals surface area contributed by atoms with Crippen molar-refractivity contribution in [1.82, 2.24) is 9.88 Å². The fraction of sp³-hybridized carbons (Fsp3) is 0.731.